The first-order valence-corrected chi connectivity index (χ1v) is 9.60. The Morgan fingerprint density at radius 2 is 1.85 bits per heavy atom. The maximum absolute atomic E-state index is 12.8. The topological polar surface area (TPSA) is 46.0 Å². The van der Waals surface area contributed by atoms with Crippen molar-refractivity contribution in [2.75, 3.05) is 43.5 Å². The zero-order chi connectivity index (χ0) is 19.4. The minimum Gasteiger partial charge on any atom is -0.495 e. The largest absolute Gasteiger partial charge is 0.495 e. The predicted molar refractivity (Wildman–Crippen MR) is 110 cm³/mol. The van der Waals surface area contributed by atoms with Crippen molar-refractivity contribution >= 4 is 17.3 Å². The maximum Gasteiger partial charge on any atom is 0.282 e. The average Bonchev–Trinajstić information content (AvgIpc) is 2.70. The van der Waals surface area contributed by atoms with Crippen molar-refractivity contribution in [3.05, 3.63) is 53.6 Å². The number of benzene rings is 2. The molecule has 2 N–H and O–H groups in total. The van der Waals surface area contributed by atoms with E-state index in [2.05, 4.69) is 28.4 Å². The van der Waals surface area contributed by atoms with Gasteiger partial charge < -0.3 is 19.9 Å². The molecule has 1 saturated heterocycles. The van der Waals surface area contributed by atoms with Crippen LogP contribution in [0.5, 0.6) is 5.75 Å². The van der Waals surface area contributed by atoms with Crippen molar-refractivity contribution in [2.45, 2.75) is 26.8 Å². The number of carbonyl (C=O) groups excluding carboxylic acids is 1. The Balaban J connectivity index is 1.60. The lowest BCUT2D eigenvalue weighted by molar-refractivity contribution is -0.914. The fourth-order valence-electron chi connectivity index (χ4n) is 3.66. The standard InChI is InChI=1S/C22H29N3O2/c1-16-9-10-17(2)19(15-16)23-22(26)18(3)24-11-13-25(14-12-24)20-7-5-6-8-21(20)27-4/h5-10,15,18H,11-14H2,1-4H3,(H,23,26)/p+1/t18-/m0/s1. The number of hydrogen-bond acceptors (Lipinski definition) is 3. The van der Waals surface area contributed by atoms with Crippen molar-refractivity contribution in [1.82, 2.24) is 0 Å². The smallest absolute Gasteiger partial charge is 0.282 e. The van der Waals surface area contributed by atoms with Crippen LogP contribution in [0, 0.1) is 13.8 Å². The van der Waals surface area contributed by atoms with Gasteiger partial charge in [-0.2, -0.15) is 0 Å². The number of methoxy groups -OCH3 is 1. The van der Waals surface area contributed by atoms with Crippen molar-refractivity contribution in [1.29, 1.82) is 0 Å². The molecule has 5 nitrogen and oxygen atoms in total. The van der Waals surface area contributed by atoms with Gasteiger partial charge in [-0.25, -0.2) is 0 Å². The van der Waals surface area contributed by atoms with Crippen LogP contribution in [0.1, 0.15) is 18.1 Å². The molecule has 0 aromatic heterocycles. The summed E-state index contributed by atoms with van der Waals surface area (Å²) < 4.78 is 5.49. The number of aryl methyl sites for hydroxylation is 2. The second-order valence-electron chi connectivity index (χ2n) is 7.35. The van der Waals surface area contributed by atoms with Gasteiger partial charge in [0.2, 0.25) is 0 Å². The molecule has 5 heteroatoms. The van der Waals surface area contributed by atoms with E-state index in [9.17, 15) is 4.79 Å². The SMILES string of the molecule is COc1ccccc1N1CC[NH+]([C@@H](C)C(=O)Nc2cc(C)ccc2C)CC1. The van der Waals surface area contributed by atoms with Gasteiger partial charge in [0.05, 0.1) is 39.0 Å². The molecule has 3 rings (SSSR count). The van der Waals surface area contributed by atoms with Crippen molar-refractivity contribution in [2.24, 2.45) is 0 Å². The van der Waals surface area contributed by atoms with Gasteiger partial charge in [0, 0.05) is 5.69 Å². The monoisotopic (exact) mass is 368 g/mol. The summed E-state index contributed by atoms with van der Waals surface area (Å²) in [5.74, 6) is 0.992. The molecule has 0 aliphatic carbocycles. The van der Waals surface area contributed by atoms with Gasteiger partial charge in [-0.1, -0.05) is 24.3 Å². The fourth-order valence-corrected chi connectivity index (χ4v) is 3.66. The highest BCUT2D eigenvalue weighted by molar-refractivity contribution is 5.94. The first-order valence-electron chi connectivity index (χ1n) is 9.60. The molecule has 1 atom stereocenters. The van der Waals surface area contributed by atoms with Crippen molar-refractivity contribution in [3.8, 4) is 5.75 Å². The maximum atomic E-state index is 12.8. The number of anilines is 2. The third kappa shape index (κ3) is 4.42. The quantitative estimate of drug-likeness (QED) is 0.849. The Bertz CT molecular complexity index is 798. The van der Waals surface area contributed by atoms with Crippen LogP contribution < -0.4 is 19.9 Å². The third-order valence-corrected chi connectivity index (χ3v) is 5.49. The van der Waals surface area contributed by atoms with Crippen LogP contribution in [0.25, 0.3) is 0 Å². The Labute approximate surface area is 161 Å². The van der Waals surface area contributed by atoms with E-state index < -0.39 is 0 Å². The van der Waals surface area contributed by atoms with Crippen LogP contribution in [0.15, 0.2) is 42.5 Å². The zero-order valence-electron chi connectivity index (χ0n) is 16.7. The van der Waals surface area contributed by atoms with E-state index in [1.54, 1.807) is 7.11 Å². The Kier molecular flexibility index (Phi) is 6.01. The van der Waals surface area contributed by atoms with Crippen LogP contribution in [0.2, 0.25) is 0 Å². The van der Waals surface area contributed by atoms with E-state index in [0.717, 1.165) is 54.4 Å². The lowest BCUT2D eigenvalue weighted by atomic mass is 10.1. The van der Waals surface area contributed by atoms with Crippen molar-refractivity contribution < 1.29 is 14.4 Å². The molecule has 0 bridgehead atoms. The van der Waals surface area contributed by atoms with E-state index in [-0.39, 0.29) is 11.9 Å². The third-order valence-electron chi connectivity index (χ3n) is 5.49. The van der Waals surface area contributed by atoms with Gasteiger partial charge >= 0.3 is 0 Å². The molecular formula is C22H30N3O2+. The summed E-state index contributed by atoms with van der Waals surface area (Å²) >= 11 is 0. The number of amides is 1. The van der Waals surface area contributed by atoms with Crippen LogP contribution in [-0.4, -0.2) is 45.2 Å². The summed E-state index contributed by atoms with van der Waals surface area (Å²) in [7, 11) is 1.71. The van der Waals surface area contributed by atoms with Crippen LogP contribution in [-0.2, 0) is 4.79 Å². The summed E-state index contributed by atoms with van der Waals surface area (Å²) in [6, 6.07) is 14.2. The lowest BCUT2D eigenvalue weighted by Crippen LogP contribution is -3.19. The normalized spacial score (nSPS) is 16.1. The molecule has 1 fully saturated rings. The fraction of sp³-hybridized carbons (Fsp3) is 0.409. The Morgan fingerprint density at radius 3 is 2.56 bits per heavy atom. The molecule has 27 heavy (non-hydrogen) atoms. The molecule has 144 valence electrons. The number of para-hydroxylation sites is 2. The summed E-state index contributed by atoms with van der Waals surface area (Å²) in [5, 5.41) is 3.12. The molecule has 0 radical (unpaired) electrons. The zero-order valence-corrected chi connectivity index (χ0v) is 16.7. The van der Waals surface area contributed by atoms with Gasteiger partial charge in [-0.3, -0.25) is 4.79 Å². The second-order valence-corrected chi connectivity index (χ2v) is 7.35. The Hall–Kier alpha value is -2.53. The van der Waals surface area contributed by atoms with Crippen LogP contribution in [0.3, 0.4) is 0 Å². The van der Waals surface area contributed by atoms with E-state index in [1.165, 1.54) is 4.90 Å². The number of nitrogens with one attached hydrogen (secondary N) is 2. The highest BCUT2D eigenvalue weighted by atomic mass is 16.5. The first kappa shape index (κ1) is 19.2. The lowest BCUT2D eigenvalue weighted by Gasteiger charge is -2.36. The molecule has 0 saturated carbocycles. The minimum atomic E-state index is -0.0790. The number of rotatable bonds is 5. The molecule has 1 aliphatic heterocycles. The van der Waals surface area contributed by atoms with Gasteiger partial charge in [0.15, 0.2) is 6.04 Å². The number of quaternary nitrogens is 1. The summed E-state index contributed by atoms with van der Waals surface area (Å²) in [4.78, 5) is 16.4. The van der Waals surface area contributed by atoms with Crippen LogP contribution in [0.4, 0.5) is 11.4 Å². The molecule has 0 spiro atoms. The number of hydrogen-bond donors (Lipinski definition) is 2. The molecule has 1 heterocycles. The van der Waals surface area contributed by atoms with Gasteiger partial charge in [-0.15, -0.1) is 0 Å². The number of nitrogens with zero attached hydrogens (tertiary/aromatic N) is 1. The van der Waals surface area contributed by atoms with E-state index in [1.807, 2.05) is 45.0 Å². The second kappa shape index (κ2) is 8.44. The number of ether oxygens (including phenoxy) is 1. The summed E-state index contributed by atoms with van der Waals surface area (Å²) in [6.45, 7) is 9.78. The average molecular weight is 369 g/mol. The predicted octanol–water partition coefficient (Wildman–Crippen LogP) is 2.04. The van der Waals surface area contributed by atoms with Gasteiger partial charge in [0.25, 0.3) is 5.91 Å². The highest BCUT2D eigenvalue weighted by Crippen LogP contribution is 2.27. The van der Waals surface area contributed by atoms with E-state index in [4.69, 9.17) is 4.74 Å². The van der Waals surface area contributed by atoms with Crippen LogP contribution >= 0.6 is 0 Å². The molecule has 1 amide bonds. The summed E-state index contributed by atoms with van der Waals surface area (Å²) in [5.41, 5.74) is 4.30. The first-order chi connectivity index (χ1) is 13.0. The molecule has 2 aromatic carbocycles. The van der Waals surface area contributed by atoms with Gasteiger partial charge in [-0.05, 0) is 50.1 Å². The number of carbonyl (C=O) groups is 1. The van der Waals surface area contributed by atoms with Gasteiger partial charge in [0.1, 0.15) is 5.75 Å². The molecular weight excluding hydrogens is 338 g/mol. The Morgan fingerprint density at radius 1 is 1.15 bits per heavy atom. The highest BCUT2D eigenvalue weighted by Gasteiger charge is 2.30. The van der Waals surface area contributed by atoms with Crippen molar-refractivity contribution in [3.63, 3.8) is 0 Å². The summed E-state index contributed by atoms with van der Waals surface area (Å²) in [6.07, 6.45) is 0. The molecule has 1 aliphatic rings. The van der Waals surface area contributed by atoms with E-state index in [0.29, 0.717) is 0 Å². The number of piperazine rings is 1. The minimum absolute atomic E-state index is 0.0790. The van der Waals surface area contributed by atoms with E-state index >= 15 is 0 Å². The molecule has 2 aromatic rings. The molecule has 0 unspecified atom stereocenters.